The molecule has 3 aliphatic rings. The van der Waals surface area contributed by atoms with Gasteiger partial charge in [-0.05, 0) is 88.5 Å². The maximum absolute atomic E-state index is 13.6. The first kappa shape index (κ1) is 38.5. The largest absolute Gasteiger partial charge is 0.490 e. The number of aliphatic hydroxyl groups is 2. The molecule has 0 radical (unpaired) electrons. The number of methoxy groups -OCH3 is 1. The van der Waals surface area contributed by atoms with E-state index in [1.807, 2.05) is 39.8 Å². The molecule has 6 atom stereocenters. The number of benzene rings is 1. The van der Waals surface area contributed by atoms with Gasteiger partial charge in [-0.2, -0.15) is 0 Å². The number of allylic oxidation sites excluding steroid dienone is 1. The van der Waals surface area contributed by atoms with E-state index < -0.39 is 23.5 Å². The highest BCUT2D eigenvalue weighted by Crippen LogP contribution is 2.62. The van der Waals surface area contributed by atoms with Gasteiger partial charge >= 0.3 is 6.09 Å². The average Bonchev–Trinajstić information content (AvgIpc) is 3.08. The second-order valence-electron chi connectivity index (χ2n) is 14.2. The second kappa shape index (κ2) is 17.5. The minimum atomic E-state index is -1.31. The van der Waals surface area contributed by atoms with E-state index in [0.717, 1.165) is 42.5 Å². The first-order valence-electron chi connectivity index (χ1n) is 17.9. The maximum atomic E-state index is 13.6. The van der Waals surface area contributed by atoms with Gasteiger partial charge in [0.25, 0.3) is 0 Å². The molecule has 4 rings (SSSR count). The van der Waals surface area contributed by atoms with Crippen LogP contribution >= 0.6 is 0 Å². The minimum Gasteiger partial charge on any atom is -0.490 e. The lowest BCUT2D eigenvalue weighted by atomic mass is 9.55. The van der Waals surface area contributed by atoms with Crippen LogP contribution < -0.4 is 9.47 Å². The molecule has 49 heavy (non-hydrogen) atoms. The number of nitrogens with zero attached hydrogens (tertiary/aromatic N) is 2. The summed E-state index contributed by atoms with van der Waals surface area (Å²) in [5, 5.41) is 24.3. The quantitative estimate of drug-likeness (QED) is 0.0951. The SMILES string of the molecule is C=CCOc1ccc2c(c1)[C@H]1[C@H](CCCCO)[C@@H](CCCCO)C=C3C(=NOC(C)(C)C)C[C@H](N(CCC)C(=O)OC)[C@@](OCC=C)(O2)[C@H]31. The third-order valence-electron chi connectivity index (χ3n) is 9.69. The number of unbranched alkanes of at least 4 members (excludes halogenated alkanes) is 2. The van der Waals surface area contributed by atoms with Crippen LogP contribution in [0, 0.1) is 17.8 Å². The Morgan fingerprint density at radius 3 is 2.45 bits per heavy atom. The van der Waals surface area contributed by atoms with Gasteiger partial charge in [0.15, 0.2) is 0 Å². The normalized spacial score (nSPS) is 26.5. The van der Waals surface area contributed by atoms with E-state index in [9.17, 15) is 15.0 Å². The number of aliphatic hydroxyl groups excluding tert-OH is 2. The molecule has 2 aliphatic carbocycles. The van der Waals surface area contributed by atoms with Crippen molar-refractivity contribution >= 4 is 11.8 Å². The molecule has 0 aromatic heterocycles. The summed E-state index contributed by atoms with van der Waals surface area (Å²) in [6.07, 6.45) is 11.2. The van der Waals surface area contributed by atoms with Crippen molar-refractivity contribution in [2.45, 2.75) is 102 Å². The molecular formula is C39H58N2O8. The lowest BCUT2D eigenvalue weighted by Gasteiger charge is -2.60. The lowest BCUT2D eigenvalue weighted by molar-refractivity contribution is -0.255. The number of carbonyl (C=O) groups is 1. The fourth-order valence-electron chi connectivity index (χ4n) is 7.82. The van der Waals surface area contributed by atoms with Gasteiger partial charge in [-0.15, -0.1) is 6.58 Å². The molecule has 1 saturated carbocycles. The Kier molecular flexibility index (Phi) is 13.8. The highest BCUT2D eigenvalue weighted by atomic mass is 16.7. The van der Waals surface area contributed by atoms with Gasteiger partial charge in [0, 0.05) is 37.7 Å². The first-order valence-corrected chi connectivity index (χ1v) is 17.9. The number of amides is 1. The summed E-state index contributed by atoms with van der Waals surface area (Å²) in [7, 11) is 1.40. The second-order valence-corrected chi connectivity index (χ2v) is 14.2. The fourth-order valence-corrected chi connectivity index (χ4v) is 7.82. The molecule has 1 heterocycles. The minimum absolute atomic E-state index is 0.122. The van der Waals surface area contributed by atoms with Crippen LogP contribution in [0.4, 0.5) is 4.79 Å². The standard InChI is InChI=1S/C39H58N2O8/c1-8-19-41(37(44)45-7)34-26-32(40-49-38(4,5)6)30-24-27(15-11-13-20-42)29(16-12-14-21-43)35-31-25-28(46-22-9-2)17-18-33(31)48-39(34,36(30)35)47-23-10-3/h9-10,17-18,24-25,27,29,34-36,42-43H,2-3,8,11-16,19-23,26H2,1,4-7H3/t27-,29+,34-,35+,36+,39+/m0/s1. The van der Waals surface area contributed by atoms with Crippen LogP contribution in [0.5, 0.6) is 11.5 Å². The number of fused-ring (bicyclic) bond motifs is 2. The van der Waals surface area contributed by atoms with Gasteiger partial charge < -0.3 is 34.0 Å². The summed E-state index contributed by atoms with van der Waals surface area (Å²) in [5.74, 6) is -0.151. The molecule has 1 aliphatic heterocycles. The Labute approximate surface area is 292 Å². The summed E-state index contributed by atoms with van der Waals surface area (Å²) in [6, 6.07) is 5.30. The van der Waals surface area contributed by atoms with E-state index in [2.05, 4.69) is 25.3 Å². The zero-order valence-corrected chi connectivity index (χ0v) is 30.2. The number of rotatable bonds is 18. The topological polar surface area (TPSA) is 119 Å². The van der Waals surface area contributed by atoms with Crippen LogP contribution in [0.3, 0.4) is 0 Å². The molecule has 0 saturated heterocycles. The molecule has 272 valence electrons. The average molecular weight is 683 g/mol. The Morgan fingerprint density at radius 1 is 1.10 bits per heavy atom. The van der Waals surface area contributed by atoms with E-state index in [1.165, 1.54) is 7.11 Å². The number of ether oxygens (including phenoxy) is 4. The van der Waals surface area contributed by atoms with Crippen LogP contribution in [-0.2, 0) is 14.3 Å². The van der Waals surface area contributed by atoms with Gasteiger partial charge in [-0.3, -0.25) is 4.90 Å². The van der Waals surface area contributed by atoms with Gasteiger partial charge in [0.2, 0.25) is 5.79 Å². The van der Waals surface area contributed by atoms with E-state index in [4.69, 9.17) is 28.9 Å². The molecule has 1 aromatic rings. The molecular weight excluding hydrogens is 624 g/mol. The molecule has 2 N–H and O–H groups in total. The molecule has 0 spiro atoms. The van der Waals surface area contributed by atoms with E-state index in [-0.39, 0.29) is 43.5 Å². The predicted molar refractivity (Wildman–Crippen MR) is 191 cm³/mol. The summed E-state index contributed by atoms with van der Waals surface area (Å²) in [4.78, 5) is 21.5. The molecule has 10 heteroatoms. The smallest absolute Gasteiger partial charge is 0.409 e. The fraction of sp³-hybridized carbons (Fsp3) is 0.641. The number of carbonyl (C=O) groups excluding carboxylic acids is 1. The Hall–Kier alpha value is -3.34. The van der Waals surface area contributed by atoms with Crippen molar-refractivity contribution in [2.75, 3.05) is 40.1 Å². The van der Waals surface area contributed by atoms with Crippen molar-refractivity contribution in [3.05, 3.63) is 60.7 Å². The van der Waals surface area contributed by atoms with Crippen LogP contribution in [0.2, 0.25) is 0 Å². The van der Waals surface area contributed by atoms with Crippen molar-refractivity contribution in [3.8, 4) is 11.5 Å². The van der Waals surface area contributed by atoms with Crippen LogP contribution in [0.25, 0.3) is 0 Å². The highest BCUT2D eigenvalue weighted by molar-refractivity contribution is 6.03. The van der Waals surface area contributed by atoms with Crippen molar-refractivity contribution < 1.29 is 38.8 Å². The highest BCUT2D eigenvalue weighted by Gasteiger charge is 2.65. The van der Waals surface area contributed by atoms with Gasteiger partial charge in [0.05, 0.1) is 25.3 Å². The van der Waals surface area contributed by atoms with Crippen LogP contribution in [0.15, 0.2) is 60.3 Å². The lowest BCUT2D eigenvalue weighted by Crippen LogP contribution is -2.70. The van der Waals surface area contributed by atoms with Gasteiger partial charge in [0.1, 0.15) is 29.7 Å². The zero-order valence-electron chi connectivity index (χ0n) is 30.2. The monoisotopic (exact) mass is 682 g/mol. The number of hydrogen-bond acceptors (Lipinski definition) is 9. The van der Waals surface area contributed by atoms with Crippen LogP contribution in [-0.4, -0.2) is 84.4 Å². The summed E-state index contributed by atoms with van der Waals surface area (Å²) < 4.78 is 25.5. The molecule has 0 bridgehead atoms. The molecule has 10 nitrogen and oxygen atoms in total. The molecule has 0 unspecified atom stereocenters. The van der Waals surface area contributed by atoms with E-state index >= 15 is 0 Å². The summed E-state index contributed by atoms with van der Waals surface area (Å²) >= 11 is 0. The van der Waals surface area contributed by atoms with Crippen molar-refractivity contribution in [1.82, 2.24) is 4.90 Å². The summed E-state index contributed by atoms with van der Waals surface area (Å²) in [6.45, 7) is 17.0. The first-order chi connectivity index (χ1) is 23.6. The van der Waals surface area contributed by atoms with Gasteiger partial charge in [-0.1, -0.05) is 49.7 Å². The van der Waals surface area contributed by atoms with Crippen LogP contribution in [0.1, 0.15) is 90.5 Å². The van der Waals surface area contributed by atoms with Gasteiger partial charge in [-0.25, -0.2) is 4.79 Å². The molecule has 1 fully saturated rings. The van der Waals surface area contributed by atoms with Crippen molar-refractivity contribution in [3.63, 3.8) is 0 Å². The third kappa shape index (κ3) is 8.70. The molecule has 1 aromatic carbocycles. The van der Waals surface area contributed by atoms with Crippen molar-refractivity contribution in [2.24, 2.45) is 22.9 Å². The zero-order chi connectivity index (χ0) is 35.6. The van der Waals surface area contributed by atoms with Crippen molar-refractivity contribution in [1.29, 1.82) is 0 Å². The number of oxime groups is 1. The molecule has 1 amide bonds. The van der Waals surface area contributed by atoms with E-state index in [1.54, 1.807) is 17.1 Å². The maximum Gasteiger partial charge on any atom is 0.409 e. The summed E-state index contributed by atoms with van der Waals surface area (Å²) in [5.41, 5.74) is 2.21. The number of hydrogen-bond donors (Lipinski definition) is 2. The van der Waals surface area contributed by atoms with E-state index in [0.29, 0.717) is 50.3 Å². The Balaban J connectivity index is 2.06. The predicted octanol–water partition coefficient (Wildman–Crippen LogP) is 7.16. The third-order valence-corrected chi connectivity index (χ3v) is 9.69. The Bertz CT molecular complexity index is 1340. The Morgan fingerprint density at radius 2 is 1.82 bits per heavy atom.